The van der Waals surface area contributed by atoms with Crippen molar-refractivity contribution in [1.82, 2.24) is 4.57 Å². The van der Waals surface area contributed by atoms with Gasteiger partial charge in [-0.2, -0.15) is 5.26 Å². The van der Waals surface area contributed by atoms with E-state index in [9.17, 15) is 15.4 Å². The van der Waals surface area contributed by atoms with Gasteiger partial charge in [-0.15, -0.1) is 0 Å². The average Bonchev–Trinajstić information content (AvgIpc) is 3.20. The molecule has 0 N–H and O–H groups in total. The molecule has 0 bridgehead atoms. The number of aliphatic imine (C=N–C) groups is 1. The fourth-order valence-electron chi connectivity index (χ4n) is 3.98. The number of nitriles is 1. The predicted molar refractivity (Wildman–Crippen MR) is 135 cm³/mol. The van der Waals surface area contributed by atoms with Crippen molar-refractivity contribution >= 4 is 17.7 Å². The molecule has 1 heterocycles. The van der Waals surface area contributed by atoms with Gasteiger partial charge in [0.2, 0.25) is 0 Å². The van der Waals surface area contributed by atoms with Crippen LogP contribution in [0.5, 0.6) is 0 Å². The zero-order chi connectivity index (χ0) is 23.9. The van der Waals surface area contributed by atoms with Gasteiger partial charge >= 0.3 is 0 Å². The van der Waals surface area contributed by atoms with Crippen molar-refractivity contribution in [3.8, 4) is 28.5 Å². The molecule has 4 rings (SSSR count). The molecule has 0 radical (unpaired) electrons. The summed E-state index contributed by atoms with van der Waals surface area (Å²) in [4.78, 5) is 15.3. The van der Waals surface area contributed by atoms with Crippen LogP contribution in [0.4, 0.5) is 11.5 Å². The maximum atomic E-state index is 11.0. The molecule has 0 aliphatic carbocycles. The van der Waals surface area contributed by atoms with E-state index in [-0.39, 0.29) is 5.69 Å². The first-order chi connectivity index (χ1) is 16.6. The second-order valence-corrected chi connectivity index (χ2v) is 7.88. The Labute approximate surface area is 198 Å². The molecule has 0 unspecified atom stereocenters. The van der Waals surface area contributed by atoms with Crippen LogP contribution in [0.3, 0.4) is 0 Å². The number of nitrogens with zero attached hydrogens (tertiary/aromatic N) is 4. The van der Waals surface area contributed by atoms with Gasteiger partial charge in [0.25, 0.3) is 5.69 Å². The molecule has 0 saturated heterocycles. The first kappa shape index (κ1) is 22.7. The van der Waals surface area contributed by atoms with E-state index in [1.807, 2.05) is 48.5 Å². The third-order valence-corrected chi connectivity index (χ3v) is 5.63. The summed E-state index contributed by atoms with van der Waals surface area (Å²) in [6, 6.07) is 28.6. The molecule has 0 atom stereocenters. The number of rotatable bonds is 8. The number of hydrogen-bond acceptors (Lipinski definition) is 4. The fourth-order valence-corrected chi connectivity index (χ4v) is 3.98. The van der Waals surface area contributed by atoms with Gasteiger partial charge in [0, 0.05) is 30.5 Å². The lowest BCUT2D eigenvalue weighted by molar-refractivity contribution is -0.384. The lowest BCUT2D eigenvalue weighted by Crippen LogP contribution is -2.00. The zero-order valence-corrected chi connectivity index (χ0v) is 18.9. The lowest BCUT2D eigenvalue weighted by Gasteiger charge is -2.13. The maximum Gasteiger partial charge on any atom is 0.269 e. The minimum absolute atomic E-state index is 0.0268. The van der Waals surface area contributed by atoms with Gasteiger partial charge in [0.1, 0.15) is 11.6 Å². The number of benzene rings is 3. The van der Waals surface area contributed by atoms with E-state index in [1.54, 1.807) is 18.3 Å². The van der Waals surface area contributed by atoms with E-state index < -0.39 is 4.92 Å². The predicted octanol–water partition coefficient (Wildman–Crippen LogP) is 7.15. The van der Waals surface area contributed by atoms with Gasteiger partial charge in [-0.25, -0.2) is 4.99 Å². The van der Waals surface area contributed by atoms with Crippen LogP contribution >= 0.6 is 0 Å². The van der Waals surface area contributed by atoms with Gasteiger partial charge in [0.15, 0.2) is 5.82 Å². The third-order valence-electron chi connectivity index (χ3n) is 5.63. The SMILES string of the molecule is CCCCn1c(/N=C/c2ccc([N+](=O)[O-])cc2)c(C#N)c(-c2ccccc2)c1-c1ccccc1. The highest BCUT2D eigenvalue weighted by Crippen LogP contribution is 2.42. The van der Waals surface area contributed by atoms with Crippen LogP contribution in [0.25, 0.3) is 22.4 Å². The number of non-ortho nitro benzene ring substituents is 1. The second-order valence-electron chi connectivity index (χ2n) is 7.88. The van der Waals surface area contributed by atoms with Crippen LogP contribution in [0.2, 0.25) is 0 Å². The van der Waals surface area contributed by atoms with Crippen molar-refractivity contribution in [3.05, 3.63) is 106 Å². The van der Waals surface area contributed by atoms with Crippen LogP contribution < -0.4 is 0 Å². The van der Waals surface area contributed by atoms with Gasteiger partial charge in [0.05, 0.1) is 10.6 Å². The summed E-state index contributed by atoms with van der Waals surface area (Å²) >= 11 is 0. The Balaban J connectivity index is 1.94. The third kappa shape index (κ3) is 4.64. The Morgan fingerprint density at radius 2 is 1.59 bits per heavy atom. The summed E-state index contributed by atoms with van der Waals surface area (Å²) in [6.07, 6.45) is 3.60. The molecule has 34 heavy (non-hydrogen) atoms. The number of unbranched alkanes of at least 4 members (excludes halogenated alkanes) is 1. The summed E-state index contributed by atoms with van der Waals surface area (Å²) in [6.45, 7) is 2.85. The van der Waals surface area contributed by atoms with Crippen LogP contribution in [-0.2, 0) is 6.54 Å². The minimum atomic E-state index is -0.428. The average molecular weight is 449 g/mol. The smallest absolute Gasteiger partial charge is 0.269 e. The van der Waals surface area contributed by atoms with Crippen molar-refractivity contribution in [3.63, 3.8) is 0 Å². The Bertz CT molecular complexity index is 1350. The Hall–Kier alpha value is -4.50. The molecular weight excluding hydrogens is 424 g/mol. The van der Waals surface area contributed by atoms with E-state index in [4.69, 9.17) is 4.99 Å². The van der Waals surface area contributed by atoms with E-state index in [0.717, 1.165) is 47.3 Å². The molecule has 0 amide bonds. The first-order valence-electron chi connectivity index (χ1n) is 11.2. The van der Waals surface area contributed by atoms with Crippen molar-refractivity contribution in [2.75, 3.05) is 0 Å². The molecule has 0 aliphatic rings. The zero-order valence-electron chi connectivity index (χ0n) is 18.9. The molecule has 168 valence electrons. The Morgan fingerprint density at radius 1 is 0.971 bits per heavy atom. The molecule has 0 saturated carbocycles. The highest BCUT2D eigenvalue weighted by atomic mass is 16.6. The fraction of sp³-hybridized carbons (Fsp3) is 0.143. The van der Waals surface area contributed by atoms with Gasteiger partial charge in [-0.3, -0.25) is 10.1 Å². The van der Waals surface area contributed by atoms with Crippen LogP contribution in [0, 0.1) is 21.4 Å². The molecule has 0 aliphatic heterocycles. The summed E-state index contributed by atoms with van der Waals surface area (Å²) in [5, 5.41) is 21.2. The molecule has 4 aromatic rings. The summed E-state index contributed by atoms with van der Waals surface area (Å²) in [7, 11) is 0. The number of hydrogen-bond donors (Lipinski definition) is 0. The largest absolute Gasteiger partial charge is 0.324 e. The van der Waals surface area contributed by atoms with E-state index in [2.05, 4.69) is 29.7 Å². The quantitative estimate of drug-likeness (QED) is 0.163. The summed E-state index contributed by atoms with van der Waals surface area (Å²) in [5.41, 5.74) is 5.07. The Kier molecular flexibility index (Phi) is 6.95. The number of nitro groups is 1. The summed E-state index contributed by atoms with van der Waals surface area (Å²) in [5.74, 6) is 0.590. The standard InChI is InChI=1S/C28H24N4O2/c1-2-3-18-31-27(23-12-8-5-9-13-23)26(22-10-6-4-7-11-22)25(19-29)28(31)30-20-21-14-16-24(17-15-21)32(33)34/h4-17,20H,2-3,18H2,1H3/b30-20+. The second kappa shape index (κ2) is 10.4. The minimum Gasteiger partial charge on any atom is -0.324 e. The highest BCUT2D eigenvalue weighted by Gasteiger charge is 2.24. The lowest BCUT2D eigenvalue weighted by atomic mass is 9.98. The number of nitro benzene ring substituents is 1. The molecule has 0 spiro atoms. The van der Waals surface area contributed by atoms with Crippen LogP contribution in [0.1, 0.15) is 30.9 Å². The van der Waals surface area contributed by atoms with Crippen LogP contribution in [0.15, 0.2) is 89.9 Å². The highest BCUT2D eigenvalue weighted by molar-refractivity contribution is 5.92. The van der Waals surface area contributed by atoms with E-state index >= 15 is 0 Å². The van der Waals surface area contributed by atoms with Gasteiger partial charge < -0.3 is 4.57 Å². The van der Waals surface area contributed by atoms with Crippen LogP contribution in [-0.4, -0.2) is 15.7 Å². The van der Waals surface area contributed by atoms with Gasteiger partial charge in [-0.05, 0) is 35.2 Å². The van der Waals surface area contributed by atoms with E-state index in [0.29, 0.717) is 11.4 Å². The maximum absolute atomic E-state index is 11.0. The van der Waals surface area contributed by atoms with Crippen molar-refractivity contribution in [2.24, 2.45) is 4.99 Å². The molecule has 6 heteroatoms. The molecule has 6 nitrogen and oxygen atoms in total. The first-order valence-corrected chi connectivity index (χ1v) is 11.2. The van der Waals surface area contributed by atoms with Crippen molar-refractivity contribution < 1.29 is 4.92 Å². The number of aromatic nitrogens is 1. The molecule has 3 aromatic carbocycles. The van der Waals surface area contributed by atoms with Crippen molar-refractivity contribution in [2.45, 2.75) is 26.3 Å². The van der Waals surface area contributed by atoms with Gasteiger partial charge in [-0.1, -0.05) is 74.0 Å². The topological polar surface area (TPSA) is 84.2 Å². The normalized spacial score (nSPS) is 10.9. The summed E-state index contributed by atoms with van der Waals surface area (Å²) < 4.78 is 2.13. The monoisotopic (exact) mass is 448 g/mol. The Morgan fingerprint density at radius 3 is 2.15 bits per heavy atom. The van der Waals surface area contributed by atoms with Crippen molar-refractivity contribution in [1.29, 1.82) is 5.26 Å². The molecular formula is C28H24N4O2. The molecule has 1 aromatic heterocycles. The molecule has 0 fully saturated rings. The van der Waals surface area contributed by atoms with E-state index in [1.165, 1.54) is 12.1 Å².